The molecule has 0 saturated carbocycles. The van der Waals surface area contributed by atoms with Gasteiger partial charge in [-0.3, -0.25) is 14.9 Å². The van der Waals surface area contributed by atoms with Crippen molar-refractivity contribution in [3.63, 3.8) is 0 Å². The lowest BCUT2D eigenvalue weighted by atomic mass is 10.0. The second-order valence-electron chi connectivity index (χ2n) is 8.01. The second kappa shape index (κ2) is 9.51. The average molecular weight is 422 g/mol. The van der Waals surface area contributed by atoms with Crippen molar-refractivity contribution in [3.8, 4) is 11.4 Å². The highest BCUT2D eigenvalue weighted by molar-refractivity contribution is 5.94. The number of carbonyl (C=O) groups is 1. The Labute approximate surface area is 181 Å². The highest BCUT2D eigenvalue weighted by atomic mass is 16.6. The molecule has 0 saturated heterocycles. The first-order valence-corrected chi connectivity index (χ1v) is 10.2. The molecular formula is C23H26N4O4. The first kappa shape index (κ1) is 22.1. The van der Waals surface area contributed by atoms with E-state index in [9.17, 15) is 14.9 Å². The molecule has 1 amide bonds. The summed E-state index contributed by atoms with van der Waals surface area (Å²) in [4.78, 5) is 29.8. The molecule has 0 aliphatic heterocycles. The predicted molar refractivity (Wildman–Crippen MR) is 117 cm³/mol. The van der Waals surface area contributed by atoms with Crippen LogP contribution < -0.4 is 0 Å². The van der Waals surface area contributed by atoms with Crippen LogP contribution in [0.5, 0.6) is 0 Å². The van der Waals surface area contributed by atoms with Crippen molar-refractivity contribution < 1.29 is 14.2 Å². The molecule has 0 spiro atoms. The summed E-state index contributed by atoms with van der Waals surface area (Å²) in [5.41, 5.74) is 3.35. The molecular weight excluding hydrogens is 396 g/mol. The standard InChI is InChI=1S/C23H26N4O4/c1-15(2)14-26(23(28)19-9-8-16(3)17(4)12-19)11-10-21-24-22(25-31-21)18-6-5-7-20(13-18)27(29)30/h5-9,12-13,15H,10-11,14H2,1-4H3. The number of aryl methyl sites for hydroxylation is 2. The third kappa shape index (κ3) is 5.53. The van der Waals surface area contributed by atoms with Gasteiger partial charge in [0.05, 0.1) is 4.92 Å². The molecule has 2 aromatic carbocycles. The van der Waals surface area contributed by atoms with Gasteiger partial charge >= 0.3 is 0 Å². The second-order valence-corrected chi connectivity index (χ2v) is 8.01. The van der Waals surface area contributed by atoms with E-state index >= 15 is 0 Å². The molecule has 3 rings (SSSR count). The molecule has 1 aromatic heterocycles. The summed E-state index contributed by atoms with van der Waals surface area (Å²) in [5, 5.41) is 14.9. The molecule has 0 aliphatic carbocycles. The number of nitro benzene ring substituents is 1. The third-order valence-electron chi connectivity index (χ3n) is 5.01. The molecule has 0 aliphatic rings. The Morgan fingerprint density at radius 1 is 1.16 bits per heavy atom. The molecule has 0 unspecified atom stereocenters. The number of aromatic nitrogens is 2. The molecule has 0 radical (unpaired) electrons. The molecule has 0 fully saturated rings. The van der Waals surface area contributed by atoms with E-state index in [1.54, 1.807) is 17.0 Å². The summed E-state index contributed by atoms with van der Waals surface area (Å²) in [6.07, 6.45) is 0.394. The Hall–Kier alpha value is -3.55. The van der Waals surface area contributed by atoms with Crippen molar-refractivity contribution in [2.45, 2.75) is 34.1 Å². The number of hydrogen-bond acceptors (Lipinski definition) is 6. The number of benzene rings is 2. The van der Waals surface area contributed by atoms with Gasteiger partial charge in [-0.05, 0) is 43.0 Å². The fourth-order valence-corrected chi connectivity index (χ4v) is 3.24. The van der Waals surface area contributed by atoms with Crippen molar-refractivity contribution in [3.05, 3.63) is 75.2 Å². The number of carbonyl (C=O) groups excluding carboxylic acids is 1. The van der Waals surface area contributed by atoms with Crippen LogP contribution in [0.15, 0.2) is 47.0 Å². The Morgan fingerprint density at radius 3 is 2.61 bits per heavy atom. The Bertz CT molecular complexity index is 1090. The van der Waals surface area contributed by atoms with Crippen LogP contribution in [0, 0.1) is 29.9 Å². The monoisotopic (exact) mass is 422 g/mol. The minimum absolute atomic E-state index is 0.0322. The van der Waals surface area contributed by atoms with E-state index in [2.05, 4.69) is 24.0 Å². The van der Waals surface area contributed by atoms with Gasteiger partial charge in [-0.1, -0.05) is 37.2 Å². The minimum atomic E-state index is -0.466. The van der Waals surface area contributed by atoms with Gasteiger partial charge in [0.1, 0.15) is 0 Å². The van der Waals surface area contributed by atoms with E-state index in [-0.39, 0.29) is 17.4 Å². The maximum absolute atomic E-state index is 13.1. The van der Waals surface area contributed by atoms with E-state index < -0.39 is 4.92 Å². The fraction of sp³-hybridized carbons (Fsp3) is 0.348. The van der Waals surface area contributed by atoms with Crippen molar-refractivity contribution >= 4 is 11.6 Å². The van der Waals surface area contributed by atoms with Crippen LogP contribution in [0.4, 0.5) is 5.69 Å². The van der Waals surface area contributed by atoms with Crippen LogP contribution in [0.3, 0.4) is 0 Å². The van der Waals surface area contributed by atoms with Gasteiger partial charge in [0.25, 0.3) is 11.6 Å². The zero-order chi connectivity index (χ0) is 22.5. The minimum Gasteiger partial charge on any atom is -0.339 e. The van der Waals surface area contributed by atoms with E-state index in [1.165, 1.54) is 12.1 Å². The number of amides is 1. The lowest BCUT2D eigenvalue weighted by molar-refractivity contribution is -0.384. The van der Waals surface area contributed by atoms with Crippen LogP contribution in [0.1, 0.15) is 41.2 Å². The smallest absolute Gasteiger partial charge is 0.270 e. The maximum atomic E-state index is 13.1. The number of non-ortho nitro benzene ring substituents is 1. The molecule has 0 bridgehead atoms. The summed E-state index contributed by atoms with van der Waals surface area (Å²) in [7, 11) is 0. The SMILES string of the molecule is Cc1ccc(C(=O)N(CCc2nc(-c3cccc([N+](=O)[O-])c3)no2)CC(C)C)cc1C. The van der Waals surface area contributed by atoms with Crippen molar-refractivity contribution in [1.82, 2.24) is 15.0 Å². The average Bonchev–Trinajstić information content (AvgIpc) is 3.21. The van der Waals surface area contributed by atoms with E-state index in [0.29, 0.717) is 42.4 Å². The fourth-order valence-electron chi connectivity index (χ4n) is 3.24. The van der Waals surface area contributed by atoms with Crippen LogP contribution >= 0.6 is 0 Å². The quantitative estimate of drug-likeness (QED) is 0.388. The molecule has 3 aromatic rings. The lowest BCUT2D eigenvalue weighted by Crippen LogP contribution is -2.36. The van der Waals surface area contributed by atoms with Crippen LogP contribution in [-0.2, 0) is 6.42 Å². The van der Waals surface area contributed by atoms with Gasteiger partial charge in [-0.2, -0.15) is 4.98 Å². The lowest BCUT2D eigenvalue weighted by Gasteiger charge is -2.24. The highest BCUT2D eigenvalue weighted by Crippen LogP contribution is 2.21. The van der Waals surface area contributed by atoms with Crippen LogP contribution in [-0.4, -0.2) is 39.0 Å². The number of nitro groups is 1. The molecule has 162 valence electrons. The van der Waals surface area contributed by atoms with Gasteiger partial charge in [0.2, 0.25) is 11.7 Å². The first-order chi connectivity index (χ1) is 14.7. The normalized spacial score (nSPS) is 11.0. The van der Waals surface area contributed by atoms with E-state index in [4.69, 9.17) is 4.52 Å². The zero-order valence-electron chi connectivity index (χ0n) is 18.2. The van der Waals surface area contributed by atoms with Gasteiger partial charge in [-0.15, -0.1) is 0 Å². The van der Waals surface area contributed by atoms with Gasteiger partial charge in [0.15, 0.2) is 0 Å². The van der Waals surface area contributed by atoms with Crippen molar-refractivity contribution in [2.75, 3.05) is 13.1 Å². The van der Waals surface area contributed by atoms with Gasteiger partial charge in [0, 0.05) is 42.8 Å². The Balaban J connectivity index is 1.73. The Morgan fingerprint density at radius 2 is 1.94 bits per heavy atom. The first-order valence-electron chi connectivity index (χ1n) is 10.2. The van der Waals surface area contributed by atoms with Crippen molar-refractivity contribution in [1.29, 1.82) is 0 Å². The van der Waals surface area contributed by atoms with Crippen LogP contribution in [0.2, 0.25) is 0 Å². The van der Waals surface area contributed by atoms with E-state index in [1.807, 2.05) is 32.0 Å². The zero-order valence-corrected chi connectivity index (χ0v) is 18.2. The molecule has 0 atom stereocenters. The molecule has 8 nitrogen and oxygen atoms in total. The third-order valence-corrected chi connectivity index (χ3v) is 5.01. The summed E-state index contributed by atoms with van der Waals surface area (Å²) in [5.74, 6) is 0.937. The maximum Gasteiger partial charge on any atom is 0.270 e. The molecule has 0 N–H and O–H groups in total. The summed E-state index contributed by atoms with van der Waals surface area (Å²) in [6, 6.07) is 11.8. The van der Waals surface area contributed by atoms with Crippen molar-refractivity contribution in [2.24, 2.45) is 5.92 Å². The Kier molecular flexibility index (Phi) is 6.79. The van der Waals surface area contributed by atoms with Gasteiger partial charge < -0.3 is 9.42 Å². The number of hydrogen-bond donors (Lipinski definition) is 0. The predicted octanol–water partition coefficient (Wildman–Crippen LogP) is 4.60. The largest absolute Gasteiger partial charge is 0.339 e. The summed E-state index contributed by atoms with van der Waals surface area (Å²) < 4.78 is 5.33. The topological polar surface area (TPSA) is 102 Å². The van der Waals surface area contributed by atoms with Gasteiger partial charge in [-0.25, -0.2) is 0 Å². The van der Waals surface area contributed by atoms with Crippen LogP contribution in [0.25, 0.3) is 11.4 Å². The molecule has 31 heavy (non-hydrogen) atoms. The van der Waals surface area contributed by atoms with E-state index in [0.717, 1.165) is 11.1 Å². The number of rotatable bonds is 8. The molecule has 8 heteroatoms. The highest BCUT2D eigenvalue weighted by Gasteiger charge is 2.19. The molecule has 1 heterocycles. The summed E-state index contributed by atoms with van der Waals surface area (Å²) in [6.45, 7) is 9.18. The number of nitrogens with zero attached hydrogens (tertiary/aromatic N) is 4. The summed E-state index contributed by atoms with van der Waals surface area (Å²) >= 11 is 0.